The molecule has 222 valence electrons. The molecule has 0 spiro atoms. The number of carbonyl (C=O) groups excluding carboxylic acids is 2. The van der Waals surface area contributed by atoms with Crippen LogP contribution in [0.5, 0.6) is 23.3 Å². The van der Waals surface area contributed by atoms with Gasteiger partial charge in [-0.3, -0.25) is 9.59 Å². The molecule has 11 nitrogen and oxygen atoms in total. The molecule has 0 unspecified atom stereocenters. The maximum atomic E-state index is 14.4. The van der Waals surface area contributed by atoms with Crippen molar-refractivity contribution in [2.75, 3.05) is 29.5 Å². The number of anilines is 3. The lowest BCUT2D eigenvalue weighted by atomic mass is 9.80. The van der Waals surface area contributed by atoms with E-state index < -0.39 is 29.1 Å². The second-order valence-corrected chi connectivity index (χ2v) is 10.2. The third-order valence-electron chi connectivity index (χ3n) is 7.27. The number of ether oxygens (including phenoxy) is 1. The number of halogens is 1. The summed E-state index contributed by atoms with van der Waals surface area (Å²) in [5.41, 5.74) is 12.1. The number of fused-ring (bicyclic) bond motifs is 2. The van der Waals surface area contributed by atoms with Gasteiger partial charge in [0.2, 0.25) is 17.5 Å². The number of hydrogen-bond acceptors (Lipinski definition) is 11. The number of rotatable bonds is 10. The van der Waals surface area contributed by atoms with Crippen LogP contribution in [0.1, 0.15) is 71.4 Å². The minimum Gasteiger partial charge on any atom is -0.507 e. The van der Waals surface area contributed by atoms with Gasteiger partial charge in [-0.2, -0.15) is 14.4 Å². The topological polar surface area (TPSA) is 178 Å². The van der Waals surface area contributed by atoms with Gasteiger partial charge in [-0.15, -0.1) is 4.98 Å². The van der Waals surface area contributed by atoms with Crippen LogP contribution in [-0.2, 0) is 0 Å². The second-order valence-electron chi connectivity index (χ2n) is 10.2. The average molecular weight is 587 g/mol. The Morgan fingerprint density at radius 2 is 1.44 bits per heavy atom. The normalized spacial score (nSPS) is 12.2. The number of phenols is 2. The summed E-state index contributed by atoms with van der Waals surface area (Å²) in [5, 5.41) is 21.2. The van der Waals surface area contributed by atoms with Crippen LogP contribution in [0.2, 0.25) is 0 Å². The summed E-state index contributed by atoms with van der Waals surface area (Å²) in [4.78, 5) is 40.5. The highest BCUT2D eigenvalue weighted by Gasteiger charge is 2.38. The summed E-state index contributed by atoms with van der Waals surface area (Å²) >= 11 is 0. The van der Waals surface area contributed by atoms with Gasteiger partial charge in [0.1, 0.15) is 17.2 Å². The van der Waals surface area contributed by atoms with Crippen molar-refractivity contribution in [3.05, 3.63) is 70.8 Å². The Morgan fingerprint density at radius 3 is 2.09 bits per heavy atom. The molecule has 4 aromatic rings. The van der Waals surface area contributed by atoms with Crippen LogP contribution >= 0.6 is 0 Å². The van der Waals surface area contributed by atoms with E-state index in [1.807, 2.05) is 4.90 Å². The van der Waals surface area contributed by atoms with Gasteiger partial charge < -0.3 is 31.3 Å². The van der Waals surface area contributed by atoms with E-state index in [-0.39, 0.29) is 56.9 Å². The first-order valence-electron chi connectivity index (χ1n) is 14.0. The minimum absolute atomic E-state index is 0.00533. The molecule has 1 aliphatic rings. The highest BCUT2D eigenvalue weighted by atomic mass is 19.1. The molecule has 43 heavy (non-hydrogen) atoms. The minimum atomic E-state index is -0.958. The molecule has 0 radical (unpaired) electrons. The second kappa shape index (κ2) is 11.9. The number of aromatic nitrogens is 3. The van der Waals surface area contributed by atoms with Crippen molar-refractivity contribution >= 4 is 28.9 Å². The molecule has 0 atom stereocenters. The number of aromatic hydroxyl groups is 2. The van der Waals surface area contributed by atoms with E-state index >= 15 is 0 Å². The summed E-state index contributed by atoms with van der Waals surface area (Å²) in [6, 6.07) is 9.95. The number of nitrogens with zero attached hydrogens (tertiary/aromatic N) is 4. The van der Waals surface area contributed by atoms with E-state index in [1.165, 1.54) is 18.2 Å². The summed E-state index contributed by atoms with van der Waals surface area (Å²) in [7, 11) is 0. The Kier molecular flexibility index (Phi) is 8.11. The molecule has 0 fully saturated rings. The third kappa shape index (κ3) is 5.51. The van der Waals surface area contributed by atoms with Crippen molar-refractivity contribution in [1.29, 1.82) is 0 Å². The van der Waals surface area contributed by atoms with Gasteiger partial charge in [-0.1, -0.05) is 38.8 Å². The largest absolute Gasteiger partial charge is 0.507 e. The van der Waals surface area contributed by atoms with Crippen LogP contribution < -0.4 is 21.1 Å². The Hall–Kier alpha value is -5.26. The zero-order valence-electron chi connectivity index (χ0n) is 23.7. The van der Waals surface area contributed by atoms with E-state index in [0.29, 0.717) is 18.7 Å². The maximum absolute atomic E-state index is 14.4. The van der Waals surface area contributed by atoms with Crippen molar-refractivity contribution in [3.63, 3.8) is 0 Å². The number of phenolic OH excluding ortho intramolecular Hbond substituents is 2. The molecule has 0 saturated carbocycles. The van der Waals surface area contributed by atoms with Crippen molar-refractivity contribution in [3.8, 4) is 34.4 Å². The molecular formula is C31H31FN6O5. The standard InChI is InChI=1S/C31H31FN6O5/c1-3-5-13-38(14-6-4-2)30-35-29(32)36-31(37-30)43-17-9-7-16(8-10-17)18-15-21(40)24-25(26(18)34)28(42)23-20(39)12-11-19(33)22(23)27(24)41/h7-12,15,39-40H,3-6,13-14,33-34H2,1-2H3. The Morgan fingerprint density at radius 1 is 0.814 bits per heavy atom. The summed E-state index contributed by atoms with van der Waals surface area (Å²) < 4.78 is 20.1. The predicted octanol–water partition coefficient (Wildman–Crippen LogP) is 5.23. The van der Waals surface area contributed by atoms with Crippen molar-refractivity contribution in [1.82, 2.24) is 15.0 Å². The van der Waals surface area contributed by atoms with Gasteiger partial charge in [0.05, 0.1) is 27.9 Å². The number of unbranched alkanes of at least 4 members (excludes halogenated alkanes) is 2. The van der Waals surface area contributed by atoms with Crippen LogP contribution in [0.4, 0.5) is 21.7 Å². The molecule has 6 N–H and O–H groups in total. The highest BCUT2D eigenvalue weighted by molar-refractivity contribution is 6.34. The lowest BCUT2D eigenvalue weighted by Crippen LogP contribution is -2.28. The molecule has 1 heterocycles. The smallest absolute Gasteiger partial charge is 0.329 e. The van der Waals surface area contributed by atoms with Crippen LogP contribution in [0.3, 0.4) is 0 Å². The number of nitrogens with two attached hydrogens (primary N) is 2. The van der Waals surface area contributed by atoms with Gasteiger partial charge in [0.15, 0.2) is 0 Å². The van der Waals surface area contributed by atoms with Crippen LogP contribution in [-0.4, -0.2) is 49.8 Å². The SMILES string of the molecule is CCCCN(CCCC)c1nc(F)nc(Oc2ccc(-c3cc(O)c4c(c3N)C(=O)c3c(O)ccc(N)c3C4=O)cc2)n1. The fourth-order valence-electron chi connectivity index (χ4n) is 5.05. The number of hydrogen-bond donors (Lipinski definition) is 4. The van der Waals surface area contributed by atoms with Gasteiger partial charge in [-0.25, -0.2) is 0 Å². The van der Waals surface area contributed by atoms with Gasteiger partial charge in [-0.05, 0) is 48.7 Å². The van der Waals surface area contributed by atoms with Gasteiger partial charge in [0, 0.05) is 24.3 Å². The molecule has 0 amide bonds. The quantitative estimate of drug-likeness (QED) is 0.124. The molecule has 0 bridgehead atoms. The zero-order chi connectivity index (χ0) is 30.8. The molecule has 5 rings (SSSR count). The zero-order valence-corrected chi connectivity index (χ0v) is 23.7. The van der Waals surface area contributed by atoms with Gasteiger partial charge >= 0.3 is 12.1 Å². The molecule has 0 saturated heterocycles. The lowest BCUT2D eigenvalue weighted by molar-refractivity contribution is 0.0975. The molecular weight excluding hydrogens is 555 g/mol. The van der Waals surface area contributed by atoms with E-state index in [2.05, 4.69) is 28.8 Å². The number of nitrogen functional groups attached to an aromatic ring is 2. The van der Waals surface area contributed by atoms with Crippen LogP contribution in [0.25, 0.3) is 11.1 Å². The van der Waals surface area contributed by atoms with Crippen LogP contribution in [0, 0.1) is 6.08 Å². The number of carbonyl (C=O) groups is 2. The third-order valence-corrected chi connectivity index (χ3v) is 7.27. The maximum Gasteiger partial charge on any atom is 0.329 e. The summed E-state index contributed by atoms with van der Waals surface area (Å²) in [6.07, 6.45) is 2.77. The fourth-order valence-corrected chi connectivity index (χ4v) is 5.05. The van der Waals surface area contributed by atoms with E-state index in [1.54, 1.807) is 24.3 Å². The summed E-state index contributed by atoms with van der Waals surface area (Å²) in [6.45, 7) is 5.49. The van der Waals surface area contributed by atoms with Crippen molar-refractivity contribution in [2.45, 2.75) is 39.5 Å². The Balaban J connectivity index is 1.45. The highest BCUT2D eigenvalue weighted by Crippen LogP contribution is 2.44. The van der Waals surface area contributed by atoms with Gasteiger partial charge in [0.25, 0.3) is 0 Å². The lowest BCUT2D eigenvalue weighted by Gasteiger charge is -2.23. The molecule has 0 aliphatic heterocycles. The predicted molar refractivity (Wildman–Crippen MR) is 159 cm³/mol. The van der Waals surface area contributed by atoms with E-state index in [4.69, 9.17) is 16.2 Å². The van der Waals surface area contributed by atoms with Crippen molar-refractivity contribution < 1.29 is 28.9 Å². The first-order chi connectivity index (χ1) is 20.6. The van der Waals surface area contributed by atoms with Crippen LogP contribution in [0.15, 0.2) is 42.5 Å². The Bertz CT molecular complexity index is 1720. The molecule has 1 aromatic heterocycles. The first-order valence-corrected chi connectivity index (χ1v) is 14.0. The number of ketones is 2. The monoisotopic (exact) mass is 586 g/mol. The molecule has 1 aliphatic carbocycles. The van der Waals surface area contributed by atoms with E-state index in [9.17, 15) is 24.2 Å². The first kappa shape index (κ1) is 29.2. The molecule has 3 aromatic carbocycles. The van der Waals surface area contributed by atoms with Crippen molar-refractivity contribution in [2.24, 2.45) is 0 Å². The summed E-state index contributed by atoms with van der Waals surface area (Å²) in [5.74, 6) is -1.85. The van der Waals surface area contributed by atoms with E-state index in [0.717, 1.165) is 25.7 Å². The average Bonchev–Trinajstić information content (AvgIpc) is 2.98. The molecule has 12 heteroatoms. The fraction of sp³-hybridized carbons (Fsp3) is 0.258. The Labute approximate surface area is 247 Å². The number of benzene rings is 3.